The summed E-state index contributed by atoms with van der Waals surface area (Å²) in [5.74, 6) is 0. The predicted molar refractivity (Wildman–Crippen MR) is 64.9 cm³/mol. The first-order valence-electron chi connectivity index (χ1n) is 6.65. The van der Waals surface area contributed by atoms with E-state index in [0.29, 0.717) is 0 Å². The SMILES string of the molecule is CCC1OC2(CCCCC2)N(C(=O)O)C1(C)C. The Morgan fingerprint density at radius 2 is 1.94 bits per heavy atom. The summed E-state index contributed by atoms with van der Waals surface area (Å²) in [4.78, 5) is 13.2. The highest BCUT2D eigenvalue weighted by molar-refractivity contribution is 5.67. The molecule has 4 nitrogen and oxygen atoms in total. The zero-order valence-corrected chi connectivity index (χ0v) is 11.0. The smallest absolute Gasteiger partial charge is 0.410 e. The Hall–Kier alpha value is -0.770. The van der Waals surface area contributed by atoms with Crippen molar-refractivity contribution in [2.45, 2.75) is 76.7 Å². The highest BCUT2D eigenvalue weighted by Crippen LogP contribution is 2.48. The molecule has 1 saturated heterocycles. The lowest BCUT2D eigenvalue weighted by molar-refractivity contribution is -0.117. The number of rotatable bonds is 1. The molecule has 4 heteroatoms. The monoisotopic (exact) mass is 241 g/mol. The first-order valence-corrected chi connectivity index (χ1v) is 6.65. The first kappa shape index (κ1) is 12.7. The summed E-state index contributed by atoms with van der Waals surface area (Å²) in [5.41, 5.74) is -0.966. The minimum absolute atomic E-state index is 0.0108. The third kappa shape index (κ3) is 1.82. The fourth-order valence-electron chi connectivity index (χ4n) is 3.58. The zero-order valence-electron chi connectivity index (χ0n) is 11.0. The molecular formula is C13H23NO3. The van der Waals surface area contributed by atoms with E-state index in [4.69, 9.17) is 4.74 Å². The molecule has 1 amide bonds. The van der Waals surface area contributed by atoms with Gasteiger partial charge in [-0.1, -0.05) is 13.3 Å². The van der Waals surface area contributed by atoms with Crippen molar-refractivity contribution in [2.75, 3.05) is 0 Å². The maximum atomic E-state index is 11.6. The average Bonchev–Trinajstić information content (AvgIpc) is 2.47. The molecule has 0 radical (unpaired) electrons. The molecule has 17 heavy (non-hydrogen) atoms. The third-order valence-electron chi connectivity index (χ3n) is 4.33. The summed E-state index contributed by atoms with van der Waals surface area (Å²) in [6, 6.07) is 0. The van der Waals surface area contributed by atoms with Crippen molar-refractivity contribution in [3.63, 3.8) is 0 Å². The molecule has 1 N–H and O–H groups in total. The van der Waals surface area contributed by atoms with Gasteiger partial charge in [0.05, 0.1) is 11.6 Å². The standard InChI is InChI=1S/C13H23NO3/c1-4-10-12(2,3)14(11(15)16)13(17-10)8-6-5-7-9-13/h10H,4-9H2,1-3H3,(H,15,16). The molecule has 0 aromatic carbocycles. The zero-order chi connectivity index (χ0) is 12.7. The van der Waals surface area contributed by atoms with E-state index in [9.17, 15) is 9.90 Å². The van der Waals surface area contributed by atoms with Crippen LogP contribution in [0.2, 0.25) is 0 Å². The van der Waals surface area contributed by atoms with Gasteiger partial charge in [-0.2, -0.15) is 0 Å². The van der Waals surface area contributed by atoms with Gasteiger partial charge in [0.15, 0.2) is 0 Å². The van der Waals surface area contributed by atoms with Gasteiger partial charge in [-0.05, 0) is 46.0 Å². The Balaban J connectivity index is 2.35. The van der Waals surface area contributed by atoms with E-state index in [1.807, 2.05) is 13.8 Å². The van der Waals surface area contributed by atoms with Crippen LogP contribution in [0.3, 0.4) is 0 Å². The van der Waals surface area contributed by atoms with E-state index >= 15 is 0 Å². The van der Waals surface area contributed by atoms with E-state index in [1.54, 1.807) is 4.90 Å². The maximum absolute atomic E-state index is 11.6. The van der Waals surface area contributed by atoms with Gasteiger partial charge in [-0.15, -0.1) is 0 Å². The molecule has 1 unspecified atom stereocenters. The number of carboxylic acid groups (broad SMARTS) is 1. The fourth-order valence-corrected chi connectivity index (χ4v) is 3.58. The minimum Gasteiger partial charge on any atom is -0.465 e. The van der Waals surface area contributed by atoms with Crippen LogP contribution in [0, 0.1) is 0 Å². The van der Waals surface area contributed by atoms with Gasteiger partial charge in [-0.25, -0.2) is 4.79 Å². The quantitative estimate of drug-likeness (QED) is 0.767. The summed E-state index contributed by atoms with van der Waals surface area (Å²) in [6.45, 7) is 6.03. The summed E-state index contributed by atoms with van der Waals surface area (Å²) in [5, 5.41) is 9.53. The Labute approximate surface area is 103 Å². The number of hydrogen-bond acceptors (Lipinski definition) is 2. The van der Waals surface area contributed by atoms with Gasteiger partial charge in [0.2, 0.25) is 0 Å². The molecule has 1 aliphatic heterocycles. The Morgan fingerprint density at radius 3 is 2.41 bits per heavy atom. The number of ether oxygens (including phenoxy) is 1. The Bertz CT molecular complexity index is 308. The highest BCUT2D eigenvalue weighted by Gasteiger charge is 2.58. The van der Waals surface area contributed by atoms with Crippen LogP contribution in [-0.4, -0.2) is 33.5 Å². The van der Waals surface area contributed by atoms with Crippen molar-refractivity contribution in [2.24, 2.45) is 0 Å². The van der Waals surface area contributed by atoms with Crippen molar-refractivity contribution < 1.29 is 14.6 Å². The number of amides is 1. The van der Waals surface area contributed by atoms with Crippen LogP contribution in [-0.2, 0) is 4.74 Å². The van der Waals surface area contributed by atoms with Crippen molar-refractivity contribution in [3.05, 3.63) is 0 Å². The Morgan fingerprint density at radius 1 is 1.35 bits per heavy atom. The van der Waals surface area contributed by atoms with Crippen LogP contribution in [0.15, 0.2) is 0 Å². The van der Waals surface area contributed by atoms with E-state index in [-0.39, 0.29) is 6.10 Å². The van der Waals surface area contributed by atoms with Crippen molar-refractivity contribution in [1.29, 1.82) is 0 Å². The summed E-state index contributed by atoms with van der Waals surface area (Å²) in [7, 11) is 0. The molecule has 2 fully saturated rings. The lowest BCUT2D eigenvalue weighted by atomic mass is 9.88. The van der Waals surface area contributed by atoms with E-state index in [1.165, 1.54) is 6.42 Å². The minimum atomic E-state index is -0.840. The lowest BCUT2D eigenvalue weighted by Crippen LogP contribution is -2.56. The summed E-state index contributed by atoms with van der Waals surface area (Å²) < 4.78 is 6.17. The number of hydrogen-bond donors (Lipinski definition) is 1. The van der Waals surface area contributed by atoms with Crippen LogP contribution >= 0.6 is 0 Å². The van der Waals surface area contributed by atoms with Crippen LogP contribution in [0.5, 0.6) is 0 Å². The molecule has 1 atom stereocenters. The second-order valence-electron chi connectivity index (χ2n) is 5.79. The van der Waals surface area contributed by atoms with E-state index in [2.05, 4.69) is 6.92 Å². The largest absolute Gasteiger partial charge is 0.465 e. The molecule has 0 aromatic heterocycles. The molecule has 1 saturated carbocycles. The van der Waals surface area contributed by atoms with Crippen LogP contribution < -0.4 is 0 Å². The van der Waals surface area contributed by atoms with Crippen molar-refractivity contribution >= 4 is 6.09 Å². The molecule has 98 valence electrons. The molecule has 0 bridgehead atoms. The maximum Gasteiger partial charge on any atom is 0.410 e. The number of nitrogens with zero attached hydrogens (tertiary/aromatic N) is 1. The van der Waals surface area contributed by atoms with Gasteiger partial charge in [0, 0.05) is 0 Å². The normalized spacial score (nSPS) is 30.8. The van der Waals surface area contributed by atoms with E-state index in [0.717, 1.165) is 32.1 Å². The van der Waals surface area contributed by atoms with Gasteiger partial charge in [-0.3, -0.25) is 4.90 Å². The highest BCUT2D eigenvalue weighted by atomic mass is 16.6. The molecule has 2 aliphatic rings. The third-order valence-corrected chi connectivity index (χ3v) is 4.33. The van der Waals surface area contributed by atoms with Crippen LogP contribution in [0.4, 0.5) is 4.79 Å². The Kier molecular flexibility index (Phi) is 3.10. The summed E-state index contributed by atoms with van der Waals surface area (Å²) in [6.07, 6.45) is 5.05. The molecule has 1 aliphatic carbocycles. The van der Waals surface area contributed by atoms with Gasteiger partial charge in [0.25, 0.3) is 0 Å². The predicted octanol–water partition coefficient (Wildman–Crippen LogP) is 3.21. The van der Waals surface area contributed by atoms with Crippen molar-refractivity contribution in [3.8, 4) is 0 Å². The molecular weight excluding hydrogens is 218 g/mol. The second kappa shape index (κ2) is 4.16. The molecule has 1 spiro atoms. The molecule has 0 aromatic rings. The first-order chi connectivity index (χ1) is 7.94. The summed E-state index contributed by atoms with van der Waals surface area (Å²) >= 11 is 0. The topological polar surface area (TPSA) is 49.8 Å². The molecule has 2 rings (SSSR count). The van der Waals surface area contributed by atoms with Gasteiger partial charge >= 0.3 is 6.09 Å². The average molecular weight is 241 g/mol. The van der Waals surface area contributed by atoms with Crippen LogP contribution in [0.25, 0.3) is 0 Å². The number of carbonyl (C=O) groups is 1. The van der Waals surface area contributed by atoms with Gasteiger partial charge in [0.1, 0.15) is 5.72 Å². The van der Waals surface area contributed by atoms with Crippen molar-refractivity contribution in [1.82, 2.24) is 4.90 Å². The van der Waals surface area contributed by atoms with E-state index < -0.39 is 17.4 Å². The fraction of sp³-hybridized carbons (Fsp3) is 0.923. The second-order valence-corrected chi connectivity index (χ2v) is 5.79. The lowest BCUT2D eigenvalue weighted by Gasteiger charge is -2.42. The van der Waals surface area contributed by atoms with Crippen LogP contribution in [0.1, 0.15) is 59.3 Å². The van der Waals surface area contributed by atoms with Gasteiger partial charge < -0.3 is 9.84 Å². The molecule has 1 heterocycles.